The van der Waals surface area contributed by atoms with Gasteiger partial charge in [0.1, 0.15) is 11.8 Å². The lowest BCUT2D eigenvalue weighted by atomic mass is 10.0. The number of rotatable bonds is 6. The van der Waals surface area contributed by atoms with E-state index in [0.717, 1.165) is 21.7 Å². The molecule has 3 aromatic rings. The number of aryl methyl sites for hydroxylation is 1. The summed E-state index contributed by atoms with van der Waals surface area (Å²) in [6.45, 7) is 1.67. The van der Waals surface area contributed by atoms with Crippen molar-refractivity contribution in [1.82, 2.24) is 5.01 Å². The minimum Gasteiger partial charge on any atom is -0.467 e. The van der Waals surface area contributed by atoms with E-state index in [1.165, 1.54) is 16.3 Å². The quantitative estimate of drug-likeness (QED) is 0.576. The molecule has 0 spiro atoms. The molecule has 4 rings (SSSR count). The summed E-state index contributed by atoms with van der Waals surface area (Å²) in [7, 11) is 0. The maximum absolute atomic E-state index is 12.8. The van der Waals surface area contributed by atoms with Crippen LogP contribution in [0.2, 0.25) is 0 Å². The van der Waals surface area contributed by atoms with E-state index in [1.54, 1.807) is 12.3 Å². The lowest BCUT2D eigenvalue weighted by Crippen LogP contribution is -2.31. The summed E-state index contributed by atoms with van der Waals surface area (Å²) in [4.78, 5) is 25.7. The predicted molar refractivity (Wildman–Crippen MR) is 110 cm³/mol. The van der Waals surface area contributed by atoms with E-state index in [0.29, 0.717) is 12.2 Å². The number of hydrogen-bond acceptors (Lipinski definition) is 6. The van der Waals surface area contributed by atoms with Gasteiger partial charge in [-0.25, -0.2) is 5.01 Å². The zero-order valence-corrected chi connectivity index (χ0v) is 16.7. The van der Waals surface area contributed by atoms with Gasteiger partial charge in [0.05, 0.1) is 18.4 Å². The second kappa shape index (κ2) is 8.45. The number of hydrogen-bond donors (Lipinski definition) is 0. The summed E-state index contributed by atoms with van der Waals surface area (Å²) in [5.41, 5.74) is 2.90. The Bertz CT molecular complexity index is 1010. The predicted octanol–water partition coefficient (Wildman–Crippen LogP) is 4.11. The Labute approximate surface area is 172 Å². The van der Waals surface area contributed by atoms with Crippen LogP contribution in [0.1, 0.15) is 34.2 Å². The number of ether oxygens (including phenoxy) is 1. The van der Waals surface area contributed by atoms with E-state index in [4.69, 9.17) is 9.15 Å². The van der Waals surface area contributed by atoms with E-state index in [9.17, 15) is 9.59 Å². The number of furan rings is 1. The van der Waals surface area contributed by atoms with Crippen molar-refractivity contribution >= 4 is 28.9 Å². The summed E-state index contributed by atoms with van der Waals surface area (Å²) in [6, 6.07) is 15.0. The van der Waals surface area contributed by atoms with Gasteiger partial charge >= 0.3 is 5.97 Å². The van der Waals surface area contributed by atoms with Crippen LogP contribution in [0.5, 0.6) is 0 Å². The van der Waals surface area contributed by atoms with Gasteiger partial charge in [-0.15, -0.1) is 11.3 Å². The van der Waals surface area contributed by atoms with Gasteiger partial charge in [-0.1, -0.05) is 35.9 Å². The lowest BCUT2D eigenvalue weighted by molar-refractivity contribution is -0.152. The Hall–Kier alpha value is -3.19. The molecule has 1 aliphatic heterocycles. The highest BCUT2D eigenvalue weighted by Crippen LogP contribution is 2.33. The third kappa shape index (κ3) is 4.46. The van der Waals surface area contributed by atoms with Crippen LogP contribution in [0.25, 0.3) is 0 Å². The standard InChI is InChI=1S/C22H20N2O4S/c1-15-6-8-16(9-7-15)18-13-19(20-5-2-10-27-20)24(23-18)21(25)14-28-22(26)12-17-4-3-11-29-17/h2-11,19H,12-14H2,1H3/t19-/m1/s1. The van der Waals surface area contributed by atoms with Crippen LogP contribution in [0.4, 0.5) is 0 Å². The molecule has 0 unspecified atom stereocenters. The van der Waals surface area contributed by atoms with Crippen LogP contribution >= 0.6 is 11.3 Å². The van der Waals surface area contributed by atoms with Crippen molar-refractivity contribution in [2.75, 3.05) is 6.61 Å². The third-order valence-corrected chi connectivity index (χ3v) is 5.55. The first-order chi connectivity index (χ1) is 14.1. The molecule has 0 N–H and O–H groups in total. The number of amides is 1. The highest BCUT2D eigenvalue weighted by molar-refractivity contribution is 7.10. The topological polar surface area (TPSA) is 72.1 Å². The first kappa shape index (κ1) is 19.1. The number of thiophene rings is 1. The maximum Gasteiger partial charge on any atom is 0.311 e. The average molecular weight is 408 g/mol. The Morgan fingerprint density at radius 2 is 2.03 bits per heavy atom. The van der Waals surface area contributed by atoms with Crippen LogP contribution in [-0.4, -0.2) is 29.2 Å². The fraction of sp³-hybridized carbons (Fsp3) is 0.227. The molecule has 1 atom stereocenters. The molecular formula is C22H20N2O4S. The van der Waals surface area contributed by atoms with Crippen LogP contribution in [-0.2, 0) is 20.7 Å². The van der Waals surface area contributed by atoms with Crippen LogP contribution in [0.3, 0.4) is 0 Å². The molecule has 148 valence electrons. The molecular weight excluding hydrogens is 388 g/mol. The van der Waals surface area contributed by atoms with Gasteiger partial charge in [-0.05, 0) is 36.1 Å². The molecule has 1 amide bonds. The van der Waals surface area contributed by atoms with Crippen molar-refractivity contribution in [2.45, 2.75) is 25.8 Å². The number of benzene rings is 1. The number of carbonyl (C=O) groups excluding carboxylic acids is 2. The van der Waals surface area contributed by atoms with Crippen molar-refractivity contribution in [3.8, 4) is 0 Å². The molecule has 0 saturated heterocycles. The molecule has 7 heteroatoms. The molecule has 0 radical (unpaired) electrons. The van der Waals surface area contributed by atoms with Gasteiger partial charge in [-0.3, -0.25) is 9.59 Å². The Morgan fingerprint density at radius 3 is 2.72 bits per heavy atom. The minimum atomic E-state index is -0.433. The van der Waals surface area contributed by atoms with E-state index in [2.05, 4.69) is 5.10 Å². The summed E-state index contributed by atoms with van der Waals surface area (Å²) in [5.74, 6) is -0.167. The molecule has 29 heavy (non-hydrogen) atoms. The van der Waals surface area contributed by atoms with Crippen LogP contribution < -0.4 is 0 Å². The van der Waals surface area contributed by atoms with Crippen molar-refractivity contribution < 1.29 is 18.7 Å². The van der Waals surface area contributed by atoms with E-state index in [1.807, 2.05) is 54.8 Å². The van der Waals surface area contributed by atoms with Crippen LogP contribution in [0, 0.1) is 6.92 Å². The molecule has 0 saturated carbocycles. The first-order valence-electron chi connectivity index (χ1n) is 9.28. The highest BCUT2D eigenvalue weighted by atomic mass is 32.1. The van der Waals surface area contributed by atoms with Gasteiger partial charge in [0.25, 0.3) is 5.91 Å². The summed E-state index contributed by atoms with van der Waals surface area (Å²) in [6.07, 6.45) is 2.26. The second-order valence-electron chi connectivity index (χ2n) is 6.80. The summed E-state index contributed by atoms with van der Waals surface area (Å²) < 4.78 is 10.7. The van der Waals surface area contributed by atoms with Gasteiger partial charge in [0.15, 0.2) is 6.61 Å². The van der Waals surface area contributed by atoms with Gasteiger partial charge in [-0.2, -0.15) is 5.10 Å². The number of hydrazone groups is 1. The van der Waals surface area contributed by atoms with Gasteiger partial charge < -0.3 is 9.15 Å². The molecule has 0 bridgehead atoms. The van der Waals surface area contributed by atoms with E-state index in [-0.39, 0.29) is 25.0 Å². The largest absolute Gasteiger partial charge is 0.467 e. The fourth-order valence-electron chi connectivity index (χ4n) is 3.18. The molecule has 6 nitrogen and oxygen atoms in total. The number of nitrogens with zero attached hydrogens (tertiary/aromatic N) is 2. The normalized spacial score (nSPS) is 16.0. The zero-order chi connectivity index (χ0) is 20.2. The van der Waals surface area contributed by atoms with Crippen molar-refractivity contribution in [3.63, 3.8) is 0 Å². The molecule has 1 aromatic carbocycles. The molecule has 0 fully saturated rings. The van der Waals surface area contributed by atoms with Crippen molar-refractivity contribution in [2.24, 2.45) is 5.10 Å². The molecule has 0 aliphatic carbocycles. The molecule has 3 heterocycles. The Kier molecular flexibility index (Phi) is 5.57. The minimum absolute atomic E-state index is 0.157. The molecule has 2 aromatic heterocycles. The van der Waals surface area contributed by atoms with E-state index >= 15 is 0 Å². The Morgan fingerprint density at radius 1 is 1.21 bits per heavy atom. The fourth-order valence-corrected chi connectivity index (χ4v) is 3.87. The third-order valence-electron chi connectivity index (χ3n) is 4.68. The van der Waals surface area contributed by atoms with Crippen LogP contribution in [0.15, 0.2) is 69.7 Å². The highest BCUT2D eigenvalue weighted by Gasteiger charge is 2.35. The first-order valence-corrected chi connectivity index (χ1v) is 10.2. The van der Waals surface area contributed by atoms with Crippen molar-refractivity contribution in [1.29, 1.82) is 0 Å². The number of esters is 1. The Balaban J connectivity index is 1.47. The zero-order valence-electron chi connectivity index (χ0n) is 15.9. The SMILES string of the molecule is Cc1ccc(C2=NN(C(=O)COC(=O)Cc3cccs3)[C@@H](c3ccco3)C2)cc1. The molecule has 1 aliphatic rings. The summed E-state index contributed by atoms with van der Waals surface area (Å²) >= 11 is 1.48. The van der Waals surface area contributed by atoms with Gasteiger partial charge in [0.2, 0.25) is 0 Å². The van der Waals surface area contributed by atoms with E-state index < -0.39 is 5.97 Å². The summed E-state index contributed by atoms with van der Waals surface area (Å²) in [5, 5.41) is 7.79. The smallest absolute Gasteiger partial charge is 0.311 e. The number of carbonyl (C=O) groups is 2. The lowest BCUT2D eigenvalue weighted by Gasteiger charge is -2.19. The average Bonchev–Trinajstić information content (AvgIpc) is 3.47. The maximum atomic E-state index is 12.8. The van der Waals surface area contributed by atoms with Gasteiger partial charge in [0, 0.05) is 11.3 Å². The second-order valence-corrected chi connectivity index (χ2v) is 7.84. The van der Waals surface area contributed by atoms with Crippen molar-refractivity contribution in [3.05, 3.63) is 81.9 Å². The monoisotopic (exact) mass is 408 g/mol.